The number of hydrogen-bond donors (Lipinski definition) is 1. The Kier molecular flexibility index (Phi) is 6.34. The van der Waals surface area contributed by atoms with Gasteiger partial charge in [0.2, 0.25) is 0 Å². The summed E-state index contributed by atoms with van der Waals surface area (Å²) in [7, 11) is 3.16. The van der Waals surface area contributed by atoms with E-state index < -0.39 is 17.8 Å². The van der Waals surface area contributed by atoms with Gasteiger partial charge >= 0.3 is 11.7 Å². The van der Waals surface area contributed by atoms with E-state index in [0.29, 0.717) is 27.9 Å². The molecular formula is C24H22N2O5S. The molecule has 0 aliphatic rings. The monoisotopic (exact) mass is 450 g/mol. The lowest BCUT2D eigenvalue weighted by Crippen LogP contribution is -2.25. The maximum absolute atomic E-state index is 13.0. The summed E-state index contributed by atoms with van der Waals surface area (Å²) < 4.78 is 10.9. The third-order valence-corrected chi connectivity index (χ3v) is 5.90. The van der Waals surface area contributed by atoms with Crippen molar-refractivity contribution in [2.45, 2.75) is 18.9 Å². The van der Waals surface area contributed by atoms with Crippen LogP contribution in [-0.2, 0) is 12.8 Å². The van der Waals surface area contributed by atoms with E-state index in [2.05, 4.69) is 4.98 Å². The Morgan fingerprint density at radius 2 is 1.97 bits per heavy atom. The van der Waals surface area contributed by atoms with E-state index in [9.17, 15) is 14.7 Å². The third-order valence-electron chi connectivity index (χ3n) is 5.02. The van der Waals surface area contributed by atoms with Crippen LogP contribution in [0.4, 0.5) is 4.79 Å². The molecule has 32 heavy (non-hydrogen) atoms. The van der Waals surface area contributed by atoms with Crippen LogP contribution in [-0.4, -0.2) is 35.2 Å². The maximum atomic E-state index is 13.0. The van der Waals surface area contributed by atoms with Gasteiger partial charge in [-0.15, -0.1) is 11.3 Å². The van der Waals surface area contributed by atoms with E-state index in [-0.39, 0.29) is 17.8 Å². The summed E-state index contributed by atoms with van der Waals surface area (Å²) in [5, 5.41) is 13.8. The van der Waals surface area contributed by atoms with Crippen LogP contribution in [0.3, 0.4) is 0 Å². The number of fused-ring (bicyclic) bond motifs is 1. The van der Waals surface area contributed by atoms with Gasteiger partial charge in [-0.25, -0.2) is 14.6 Å². The summed E-state index contributed by atoms with van der Waals surface area (Å²) in [6, 6.07) is 14.5. The Bertz CT molecular complexity index is 1280. The Labute approximate surface area is 188 Å². The van der Waals surface area contributed by atoms with Gasteiger partial charge in [0.25, 0.3) is 0 Å². The van der Waals surface area contributed by atoms with E-state index in [0.717, 1.165) is 5.56 Å². The predicted molar refractivity (Wildman–Crippen MR) is 122 cm³/mol. The molecular weight excluding hydrogens is 428 g/mol. The summed E-state index contributed by atoms with van der Waals surface area (Å²) in [6.45, 7) is 0. The summed E-state index contributed by atoms with van der Waals surface area (Å²) in [5.74, 6) is 0.265. The number of thiazole rings is 1. The van der Waals surface area contributed by atoms with E-state index in [1.54, 1.807) is 37.8 Å². The fourth-order valence-corrected chi connectivity index (χ4v) is 4.05. The van der Waals surface area contributed by atoms with Crippen molar-refractivity contribution < 1.29 is 19.1 Å². The first-order chi connectivity index (χ1) is 15.4. The second-order valence-electron chi connectivity index (χ2n) is 7.52. The molecule has 2 aromatic heterocycles. The minimum Gasteiger partial charge on any atom is -0.422 e. The summed E-state index contributed by atoms with van der Waals surface area (Å²) in [5.41, 5.74) is 1.93. The number of aliphatic hydroxyl groups is 1. The number of aliphatic hydroxyl groups excluding tert-OH is 1. The van der Waals surface area contributed by atoms with Gasteiger partial charge in [0.15, 0.2) is 0 Å². The summed E-state index contributed by atoms with van der Waals surface area (Å²) in [4.78, 5) is 30.4. The summed E-state index contributed by atoms with van der Waals surface area (Å²) >= 11 is 1.36. The standard InChI is InChI=1S/C24H22N2O5S/c1-26(2)24(29)30-16-8-9-17-18(14-20(27)22-25-10-11-32-22)19(23(28)31-21(17)13-16)12-15-6-4-3-5-7-15/h3-11,13,20,27H,12,14H2,1-2H3. The Balaban J connectivity index is 1.80. The molecule has 0 radical (unpaired) electrons. The number of nitrogens with zero attached hydrogens (tertiary/aromatic N) is 2. The SMILES string of the molecule is CN(C)C(=O)Oc1ccc2c(CC(O)c3nccs3)c(Cc3ccccc3)c(=O)oc2c1. The number of aromatic nitrogens is 1. The van der Waals surface area contributed by atoms with Crippen LogP contribution in [0.1, 0.15) is 27.8 Å². The van der Waals surface area contributed by atoms with Crippen molar-refractivity contribution >= 4 is 28.4 Å². The zero-order valence-electron chi connectivity index (χ0n) is 17.6. The van der Waals surface area contributed by atoms with Gasteiger partial charge in [-0.2, -0.15) is 0 Å². The quantitative estimate of drug-likeness (QED) is 0.443. The van der Waals surface area contributed by atoms with E-state index in [1.807, 2.05) is 30.3 Å². The fraction of sp³-hybridized carbons (Fsp3) is 0.208. The topological polar surface area (TPSA) is 92.9 Å². The normalized spacial score (nSPS) is 12.0. The minimum atomic E-state index is -0.860. The molecule has 4 aromatic rings. The molecule has 0 saturated carbocycles. The van der Waals surface area contributed by atoms with Crippen LogP contribution in [0.15, 0.2) is 69.3 Å². The highest BCUT2D eigenvalue weighted by Gasteiger charge is 2.21. The van der Waals surface area contributed by atoms with E-state index >= 15 is 0 Å². The largest absolute Gasteiger partial charge is 0.422 e. The van der Waals surface area contributed by atoms with Gasteiger partial charge in [-0.1, -0.05) is 30.3 Å². The molecule has 2 aromatic carbocycles. The molecule has 1 atom stereocenters. The Hall–Kier alpha value is -3.49. The molecule has 7 nitrogen and oxygen atoms in total. The van der Waals surface area contributed by atoms with Gasteiger partial charge in [0, 0.05) is 55.5 Å². The highest BCUT2D eigenvalue weighted by Crippen LogP contribution is 2.30. The first kappa shape index (κ1) is 21.7. The maximum Gasteiger partial charge on any atom is 0.414 e. The van der Waals surface area contributed by atoms with Crippen molar-refractivity contribution in [1.82, 2.24) is 9.88 Å². The van der Waals surface area contributed by atoms with Crippen LogP contribution in [0.5, 0.6) is 5.75 Å². The van der Waals surface area contributed by atoms with Crippen LogP contribution < -0.4 is 10.4 Å². The average molecular weight is 451 g/mol. The van der Waals surface area contributed by atoms with Gasteiger partial charge in [-0.3, -0.25) is 0 Å². The molecule has 0 aliphatic heterocycles. The minimum absolute atomic E-state index is 0.203. The zero-order valence-corrected chi connectivity index (χ0v) is 18.5. The first-order valence-electron chi connectivity index (χ1n) is 10.0. The lowest BCUT2D eigenvalue weighted by Gasteiger charge is -2.15. The Morgan fingerprint density at radius 1 is 1.19 bits per heavy atom. The number of rotatable bonds is 6. The zero-order chi connectivity index (χ0) is 22.7. The molecule has 1 amide bonds. The van der Waals surface area contributed by atoms with Crippen LogP contribution >= 0.6 is 11.3 Å². The molecule has 0 fully saturated rings. The molecule has 164 valence electrons. The van der Waals surface area contributed by atoms with Crippen molar-refractivity contribution in [3.05, 3.63) is 92.2 Å². The van der Waals surface area contributed by atoms with Crippen LogP contribution in [0.25, 0.3) is 11.0 Å². The fourth-order valence-electron chi connectivity index (χ4n) is 3.43. The average Bonchev–Trinajstić information content (AvgIpc) is 3.31. The van der Waals surface area contributed by atoms with Crippen molar-refractivity contribution in [3.8, 4) is 5.75 Å². The van der Waals surface area contributed by atoms with Gasteiger partial charge in [0.05, 0.1) is 0 Å². The number of amides is 1. The van der Waals surface area contributed by atoms with Crippen LogP contribution in [0, 0.1) is 0 Å². The number of ether oxygens (including phenoxy) is 1. The number of hydrogen-bond acceptors (Lipinski definition) is 7. The van der Waals surface area contributed by atoms with Crippen molar-refractivity contribution in [1.29, 1.82) is 0 Å². The molecule has 8 heteroatoms. The predicted octanol–water partition coefficient (Wildman–Crippen LogP) is 4.18. The highest BCUT2D eigenvalue weighted by molar-refractivity contribution is 7.09. The van der Waals surface area contributed by atoms with Gasteiger partial charge in [0.1, 0.15) is 22.4 Å². The lowest BCUT2D eigenvalue weighted by atomic mass is 9.94. The second kappa shape index (κ2) is 9.33. The molecule has 1 N–H and O–H groups in total. The van der Waals surface area contributed by atoms with Crippen LogP contribution in [0.2, 0.25) is 0 Å². The lowest BCUT2D eigenvalue weighted by molar-refractivity contribution is 0.172. The number of carbonyl (C=O) groups excluding carboxylic acids is 1. The second-order valence-corrected chi connectivity index (χ2v) is 8.45. The molecule has 4 rings (SSSR count). The van der Waals surface area contributed by atoms with Gasteiger partial charge in [-0.05, 0) is 23.3 Å². The highest BCUT2D eigenvalue weighted by atomic mass is 32.1. The first-order valence-corrected chi connectivity index (χ1v) is 10.9. The molecule has 0 spiro atoms. The molecule has 0 saturated heterocycles. The summed E-state index contributed by atoms with van der Waals surface area (Å²) in [6.07, 6.45) is 0.815. The number of benzene rings is 2. The smallest absolute Gasteiger partial charge is 0.414 e. The van der Waals surface area contributed by atoms with Crippen molar-refractivity contribution in [2.75, 3.05) is 14.1 Å². The molecule has 2 heterocycles. The van der Waals surface area contributed by atoms with E-state index in [1.165, 1.54) is 22.3 Å². The number of carbonyl (C=O) groups is 1. The Morgan fingerprint density at radius 3 is 2.66 bits per heavy atom. The van der Waals surface area contributed by atoms with Crippen molar-refractivity contribution in [2.24, 2.45) is 0 Å². The molecule has 0 bridgehead atoms. The molecule has 0 aliphatic carbocycles. The van der Waals surface area contributed by atoms with E-state index in [4.69, 9.17) is 9.15 Å². The van der Waals surface area contributed by atoms with Gasteiger partial charge < -0.3 is 19.2 Å². The van der Waals surface area contributed by atoms with Crippen molar-refractivity contribution in [3.63, 3.8) is 0 Å². The third kappa shape index (κ3) is 4.71. The molecule has 1 unspecified atom stereocenters.